The Bertz CT molecular complexity index is 647. The summed E-state index contributed by atoms with van der Waals surface area (Å²) in [6.45, 7) is 2.46. The second-order valence-electron chi connectivity index (χ2n) is 4.37. The molecule has 0 bridgehead atoms. The largest absolute Gasteiger partial charge is 0.494 e. The van der Waals surface area contributed by atoms with Crippen molar-refractivity contribution in [2.45, 2.75) is 11.8 Å². The number of carbonyl (C=O) groups is 1. The zero-order valence-electron chi connectivity index (χ0n) is 11.9. The molecule has 22 heavy (non-hydrogen) atoms. The highest BCUT2D eigenvalue weighted by molar-refractivity contribution is 8.00. The first-order chi connectivity index (χ1) is 10.6. The number of hydrogen-bond acceptors (Lipinski definition) is 3. The van der Waals surface area contributed by atoms with Gasteiger partial charge in [0.15, 0.2) is 0 Å². The number of thioether (sulfide) groups is 1. The number of benzene rings is 2. The number of halogens is 2. The molecule has 0 atom stereocenters. The average molecular weight is 323 g/mol. The molecular formula is C16H15F2NO2S. The van der Waals surface area contributed by atoms with Crippen LogP contribution in [0.15, 0.2) is 47.4 Å². The maximum atomic E-state index is 13.4. The number of amides is 1. The molecule has 0 spiro atoms. The van der Waals surface area contributed by atoms with E-state index in [1.807, 2.05) is 6.92 Å². The molecule has 3 nitrogen and oxygen atoms in total. The molecule has 0 aliphatic rings. The van der Waals surface area contributed by atoms with E-state index in [1.54, 1.807) is 24.3 Å². The van der Waals surface area contributed by atoms with Gasteiger partial charge in [-0.3, -0.25) is 4.79 Å². The minimum atomic E-state index is -0.541. The van der Waals surface area contributed by atoms with Gasteiger partial charge in [-0.05, 0) is 49.4 Å². The molecule has 2 rings (SSSR count). The smallest absolute Gasteiger partial charge is 0.234 e. The zero-order valence-corrected chi connectivity index (χ0v) is 12.8. The lowest BCUT2D eigenvalue weighted by Crippen LogP contribution is -2.14. The Hall–Kier alpha value is -2.08. The van der Waals surface area contributed by atoms with Crippen molar-refractivity contribution in [1.29, 1.82) is 0 Å². The molecule has 0 aromatic heterocycles. The molecule has 0 fully saturated rings. The Kier molecular flexibility index (Phi) is 5.77. The van der Waals surface area contributed by atoms with Crippen LogP contribution in [0.5, 0.6) is 5.75 Å². The Morgan fingerprint density at radius 3 is 2.59 bits per heavy atom. The van der Waals surface area contributed by atoms with Crippen molar-refractivity contribution in [2.75, 3.05) is 17.7 Å². The van der Waals surface area contributed by atoms with Gasteiger partial charge >= 0.3 is 0 Å². The van der Waals surface area contributed by atoms with E-state index >= 15 is 0 Å². The summed E-state index contributed by atoms with van der Waals surface area (Å²) >= 11 is 0.948. The summed E-state index contributed by atoms with van der Waals surface area (Å²) in [6, 6.07) is 10.1. The summed E-state index contributed by atoms with van der Waals surface area (Å²) in [5, 5.41) is 2.68. The van der Waals surface area contributed by atoms with E-state index in [0.717, 1.165) is 35.7 Å². The number of nitrogens with one attached hydrogen (secondary N) is 1. The maximum Gasteiger partial charge on any atom is 0.234 e. The summed E-state index contributed by atoms with van der Waals surface area (Å²) in [6.07, 6.45) is 0. The van der Waals surface area contributed by atoms with Crippen molar-refractivity contribution < 1.29 is 18.3 Å². The summed E-state index contributed by atoms with van der Waals surface area (Å²) in [5.74, 6) is -0.654. The van der Waals surface area contributed by atoms with Crippen LogP contribution in [0.3, 0.4) is 0 Å². The van der Waals surface area contributed by atoms with Gasteiger partial charge in [0.25, 0.3) is 0 Å². The van der Waals surface area contributed by atoms with E-state index < -0.39 is 11.6 Å². The molecular weight excluding hydrogens is 308 g/mol. The van der Waals surface area contributed by atoms with Crippen LogP contribution in [0.4, 0.5) is 14.5 Å². The maximum absolute atomic E-state index is 13.4. The van der Waals surface area contributed by atoms with E-state index in [9.17, 15) is 13.6 Å². The fourth-order valence-corrected chi connectivity index (χ4v) is 2.49. The first kappa shape index (κ1) is 16.3. The van der Waals surface area contributed by atoms with Crippen LogP contribution in [0.1, 0.15) is 6.92 Å². The highest BCUT2D eigenvalue weighted by atomic mass is 32.2. The number of hydrogen-bond donors (Lipinski definition) is 1. The van der Waals surface area contributed by atoms with Gasteiger partial charge in [-0.2, -0.15) is 0 Å². The molecule has 2 aromatic carbocycles. The Morgan fingerprint density at radius 1 is 1.18 bits per heavy atom. The van der Waals surface area contributed by atoms with Crippen molar-refractivity contribution >= 4 is 23.4 Å². The molecule has 0 radical (unpaired) electrons. The van der Waals surface area contributed by atoms with Gasteiger partial charge in [0.2, 0.25) is 5.91 Å². The third-order valence-corrected chi connectivity index (χ3v) is 3.73. The van der Waals surface area contributed by atoms with Crippen molar-refractivity contribution in [3.63, 3.8) is 0 Å². The number of anilines is 1. The topological polar surface area (TPSA) is 38.3 Å². The predicted molar refractivity (Wildman–Crippen MR) is 83.3 cm³/mol. The number of carbonyl (C=O) groups excluding carboxylic acids is 1. The van der Waals surface area contributed by atoms with Crippen LogP contribution in [0, 0.1) is 11.6 Å². The van der Waals surface area contributed by atoms with E-state index in [1.165, 1.54) is 0 Å². The van der Waals surface area contributed by atoms with Crippen molar-refractivity contribution in [1.82, 2.24) is 0 Å². The lowest BCUT2D eigenvalue weighted by atomic mass is 10.3. The highest BCUT2D eigenvalue weighted by Gasteiger charge is 2.08. The molecule has 0 aliphatic heterocycles. The van der Waals surface area contributed by atoms with Crippen LogP contribution < -0.4 is 10.1 Å². The minimum Gasteiger partial charge on any atom is -0.494 e. The van der Waals surface area contributed by atoms with Gasteiger partial charge in [-0.15, -0.1) is 11.8 Å². The molecule has 0 heterocycles. The third kappa shape index (κ3) is 4.73. The molecule has 0 saturated heterocycles. The second kappa shape index (κ2) is 7.79. The van der Waals surface area contributed by atoms with E-state index in [4.69, 9.17) is 4.74 Å². The number of ether oxygens (including phenoxy) is 1. The average Bonchev–Trinajstić information content (AvgIpc) is 2.50. The summed E-state index contributed by atoms with van der Waals surface area (Å²) in [4.78, 5) is 11.9. The Labute approximate surface area is 131 Å². The first-order valence-electron chi connectivity index (χ1n) is 6.69. The van der Waals surface area contributed by atoms with Gasteiger partial charge in [-0.1, -0.05) is 0 Å². The normalized spacial score (nSPS) is 10.3. The minimum absolute atomic E-state index is 0.00636. The zero-order chi connectivity index (χ0) is 15.9. The van der Waals surface area contributed by atoms with Gasteiger partial charge < -0.3 is 10.1 Å². The van der Waals surface area contributed by atoms with Gasteiger partial charge in [0.1, 0.15) is 17.4 Å². The van der Waals surface area contributed by atoms with E-state index in [-0.39, 0.29) is 16.6 Å². The number of rotatable bonds is 6. The van der Waals surface area contributed by atoms with Crippen molar-refractivity contribution in [3.8, 4) is 5.75 Å². The third-order valence-electron chi connectivity index (χ3n) is 2.70. The summed E-state index contributed by atoms with van der Waals surface area (Å²) in [7, 11) is 0. The van der Waals surface area contributed by atoms with Gasteiger partial charge in [0.05, 0.1) is 12.4 Å². The first-order valence-corrected chi connectivity index (χ1v) is 7.67. The highest BCUT2D eigenvalue weighted by Crippen LogP contribution is 2.23. The van der Waals surface area contributed by atoms with Crippen LogP contribution >= 0.6 is 11.8 Å². The van der Waals surface area contributed by atoms with Gasteiger partial charge in [-0.25, -0.2) is 8.78 Å². The van der Waals surface area contributed by atoms with Crippen molar-refractivity contribution in [2.24, 2.45) is 0 Å². The standard InChI is InChI=1S/C16H15F2NO2S/c1-2-21-13-6-4-12(5-7-13)19-16(20)10-22-15-9-11(17)3-8-14(15)18/h3-9H,2,10H2,1H3,(H,19,20). The van der Waals surface area contributed by atoms with Crippen LogP contribution in [-0.4, -0.2) is 18.3 Å². The van der Waals surface area contributed by atoms with Crippen LogP contribution in [-0.2, 0) is 4.79 Å². The Morgan fingerprint density at radius 2 is 1.91 bits per heavy atom. The molecule has 0 saturated carbocycles. The molecule has 0 aliphatic carbocycles. The fourth-order valence-electron chi connectivity index (χ4n) is 1.73. The molecule has 2 aromatic rings. The predicted octanol–water partition coefficient (Wildman–Crippen LogP) is 4.09. The SMILES string of the molecule is CCOc1ccc(NC(=O)CSc2cc(F)ccc2F)cc1. The van der Waals surface area contributed by atoms with Crippen LogP contribution in [0.2, 0.25) is 0 Å². The van der Waals surface area contributed by atoms with Crippen molar-refractivity contribution in [3.05, 3.63) is 54.1 Å². The van der Waals surface area contributed by atoms with E-state index in [0.29, 0.717) is 12.3 Å². The molecule has 1 amide bonds. The lowest BCUT2D eigenvalue weighted by Gasteiger charge is -2.07. The second-order valence-corrected chi connectivity index (χ2v) is 5.39. The summed E-state index contributed by atoms with van der Waals surface area (Å²) in [5.41, 5.74) is 0.619. The quantitative estimate of drug-likeness (QED) is 0.814. The molecule has 6 heteroatoms. The summed E-state index contributed by atoms with van der Waals surface area (Å²) < 4.78 is 31.8. The monoisotopic (exact) mass is 323 g/mol. The lowest BCUT2D eigenvalue weighted by molar-refractivity contribution is -0.113. The molecule has 116 valence electrons. The Balaban J connectivity index is 1.88. The fraction of sp³-hybridized carbons (Fsp3) is 0.188. The van der Waals surface area contributed by atoms with E-state index in [2.05, 4.69) is 5.32 Å². The molecule has 1 N–H and O–H groups in total. The van der Waals surface area contributed by atoms with Crippen LogP contribution in [0.25, 0.3) is 0 Å². The van der Waals surface area contributed by atoms with Gasteiger partial charge in [0, 0.05) is 10.6 Å². The molecule has 0 unspecified atom stereocenters.